The van der Waals surface area contributed by atoms with Gasteiger partial charge in [-0.3, -0.25) is 19.2 Å². The first-order valence-electron chi connectivity index (χ1n) is 9.37. The standard InChI is InChI=1S/C14H16N2O2.4C2H4O2/c15-11-7-3-1-5-9(11)13(17)14(18)10-6-2-4-8-12(10)16;4*1-2(3)4/h1-8,13-14,17-18H,15-16H2;4*1H3,(H,3,4). The predicted molar refractivity (Wildman–Crippen MR) is 125 cm³/mol. The van der Waals surface area contributed by atoms with Crippen LogP contribution in [0.4, 0.5) is 11.4 Å². The summed E-state index contributed by atoms with van der Waals surface area (Å²) >= 11 is 0. The SMILES string of the molecule is CC(=O)O.CC(=O)O.CC(=O)O.CC(=O)O.Nc1ccccc1C(O)C(O)c1ccccc1N. The molecule has 0 saturated carbocycles. The molecule has 190 valence electrons. The molecule has 0 radical (unpaired) electrons. The number of aliphatic carboxylic acids is 4. The van der Waals surface area contributed by atoms with E-state index in [-0.39, 0.29) is 0 Å². The van der Waals surface area contributed by atoms with E-state index >= 15 is 0 Å². The van der Waals surface area contributed by atoms with Crippen molar-refractivity contribution in [2.75, 3.05) is 11.5 Å². The number of carbonyl (C=O) groups is 4. The average Bonchev–Trinajstić information content (AvgIpc) is 2.66. The van der Waals surface area contributed by atoms with Crippen LogP contribution in [-0.2, 0) is 19.2 Å². The molecule has 0 aliphatic heterocycles. The van der Waals surface area contributed by atoms with Gasteiger partial charge in [0.25, 0.3) is 23.9 Å². The van der Waals surface area contributed by atoms with Gasteiger partial charge in [-0.1, -0.05) is 36.4 Å². The van der Waals surface area contributed by atoms with Crippen molar-refractivity contribution in [3.63, 3.8) is 0 Å². The molecule has 0 heterocycles. The van der Waals surface area contributed by atoms with Gasteiger partial charge in [0.05, 0.1) is 0 Å². The molecule has 0 aliphatic rings. The first-order valence-corrected chi connectivity index (χ1v) is 9.37. The topological polar surface area (TPSA) is 242 Å². The lowest BCUT2D eigenvalue weighted by Crippen LogP contribution is -2.13. The van der Waals surface area contributed by atoms with Crippen LogP contribution in [0.5, 0.6) is 0 Å². The van der Waals surface area contributed by atoms with Crippen molar-refractivity contribution in [2.24, 2.45) is 0 Å². The third-order valence-electron chi connectivity index (χ3n) is 2.93. The largest absolute Gasteiger partial charge is 0.481 e. The van der Waals surface area contributed by atoms with Crippen LogP contribution in [0.1, 0.15) is 51.0 Å². The summed E-state index contributed by atoms with van der Waals surface area (Å²) in [5.41, 5.74) is 13.4. The van der Waals surface area contributed by atoms with E-state index in [0.717, 1.165) is 27.7 Å². The first-order chi connectivity index (χ1) is 15.5. The average molecular weight is 485 g/mol. The molecule has 0 bridgehead atoms. The van der Waals surface area contributed by atoms with Gasteiger partial charge in [-0.25, -0.2) is 0 Å². The zero-order chi connectivity index (χ0) is 27.4. The number of benzene rings is 2. The summed E-state index contributed by atoms with van der Waals surface area (Å²) in [4.78, 5) is 36.0. The molecule has 10 N–H and O–H groups in total. The lowest BCUT2D eigenvalue weighted by Gasteiger charge is -2.21. The number of carboxylic acid groups (broad SMARTS) is 4. The second kappa shape index (κ2) is 19.5. The summed E-state index contributed by atoms with van der Waals surface area (Å²) in [6, 6.07) is 13.8. The smallest absolute Gasteiger partial charge is 0.300 e. The Morgan fingerprint density at radius 1 is 0.559 bits per heavy atom. The molecule has 12 heteroatoms. The van der Waals surface area contributed by atoms with Crippen LogP contribution in [0.2, 0.25) is 0 Å². The molecule has 0 spiro atoms. The van der Waals surface area contributed by atoms with Crippen molar-refractivity contribution >= 4 is 35.3 Å². The molecule has 12 nitrogen and oxygen atoms in total. The molecule has 0 aliphatic carbocycles. The van der Waals surface area contributed by atoms with E-state index in [4.69, 9.17) is 51.1 Å². The number of nitrogen functional groups attached to an aromatic ring is 2. The third-order valence-corrected chi connectivity index (χ3v) is 2.93. The first kappa shape index (κ1) is 34.5. The molecule has 2 aromatic rings. The zero-order valence-electron chi connectivity index (χ0n) is 19.2. The highest BCUT2D eigenvalue weighted by Gasteiger charge is 2.23. The van der Waals surface area contributed by atoms with Crippen molar-refractivity contribution < 1.29 is 49.8 Å². The number of carboxylic acids is 4. The number of aliphatic hydroxyl groups is 2. The van der Waals surface area contributed by atoms with Crippen molar-refractivity contribution in [1.82, 2.24) is 0 Å². The fourth-order valence-electron chi connectivity index (χ4n) is 1.90. The molecule has 2 aromatic carbocycles. The van der Waals surface area contributed by atoms with Crippen LogP contribution in [0, 0.1) is 0 Å². The van der Waals surface area contributed by atoms with E-state index in [1.54, 1.807) is 48.5 Å². The predicted octanol–water partition coefficient (Wildman–Crippen LogP) is 1.98. The number of nitrogens with two attached hydrogens (primary N) is 2. The molecule has 2 atom stereocenters. The van der Waals surface area contributed by atoms with E-state index in [0.29, 0.717) is 22.5 Å². The van der Waals surface area contributed by atoms with E-state index in [1.165, 1.54) is 0 Å². The second-order valence-electron chi connectivity index (χ2n) is 6.22. The Labute approximate surface area is 196 Å². The highest BCUT2D eigenvalue weighted by molar-refractivity contribution is 5.63. The van der Waals surface area contributed by atoms with Gasteiger partial charge in [0.1, 0.15) is 12.2 Å². The highest BCUT2D eigenvalue weighted by atomic mass is 16.4. The summed E-state index contributed by atoms with van der Waals surface area (Å²) < 4.78 is 0. The fraction of sp³-hybridized carbons (Fsp3) is 0.273. The molecule has 0 aromatic heterocycles. The van der Waals surface area contributed by atoms with Crippen LogP contribution in [0.3, 0.4) is 0 Å². The Morgan fingerprint density at radius 3 is 0.912 bits per heavy atom. The monoisotopic (exact) mass is 484 g/mol. The molecule has 0 amide bonds. The maximum atomic E-state index is 10.2. The molecule has 0 saturated heterocycles. The quantitative estimate of drug-likeness (QED) is 0.291. The summed E-state index contributed by atoms with van der Waals surface area (Å²) in [7, 11) is 0. The highest BCUT2D eigenvalue weighted by Crippen LogP contribution is 2.33. The Kier molecular flexibility index (Phi) is 19.8. The Morgan fingerprint density at radius 2 is 0.735 bits per heavy atom. The van der Waals surface area contributed by atoms with Gasteiger partial charge in [-0.15, -0.1) is 0 Å². The van der Waals surface area contributed by atoms with E-state index in [9.17, 15) is 10.2 Å². The third kappa shape index (κ3) is 22.5. The number of aliphatic hydroxyl groups excluding tert-OH is 2. The minimum absolute atomic E-state index is 0.443. The van der Waals surface area contributed by atoms with Crippen molar-refractivity contribution in [2.45, 2.75) is 39.9 Å². The Hall–Kier alpha value is -4.16. The van der Waals surface area contributed by atoms with Gasteiger partial charge in [0, 0.05) is 50.2 Å². The van der Waals surface area contributed by atoms with E-state index in [1.807, 2.05) is 0 Å². The number of rotatable bonds is 3. The maximum Gasteiger partial charge on any atom is 0.300 e. The van der Waals surface area contributed by atoms with Crippen LogP contribution < -0.4 is 11.5 Å². The van der Waals surface area contributed by atoms with Crippen molar-refractivity contribution in [3.05, 3.63) is 59.7 Å². The van der Waals surface area contributed by atoms with Crippen molar-refractivity contribution in [3.8, 4) is 0 Å². The summed E-state index contributed by atoms with van der Waals surface area (Å²) in [6.45, 7) is 4.33. The molecule has 0 fully saturated rings. The minimum Gasteiger partial charge on any atom is -0.481 e. The summed E-state index contributed by atoms with van der Waals surface area (Å²) in [5, 5.41) is 50.0. The Bertz CT molecular complexity index is 789. The minimum atomic E-state index is -1.10. The van der Waals surface area contributed by atoms with Gasteiger partial charge in [0.2, 0.25) is 0 Å². The van der Waals surface area contributed by atoms with Crippen LogP contribution in [0.15, 0.2) is 48.5 Å². The molecule has 2 unspecified atom stereocenters. The molecular weight excluding hydrogens is 452 g/mol. The maximum absolute atomic E-state index is 10.2. The van der Waals surface area contributed by atoms with Gasteiger partial charge < -0.3 is 42.1 Å². The van der Waals surface area contributed by atoms with E-state index in [2.05, 4.69) is 0 Å². The van der Waals surface area contributed by atoms with Crippen LogP contribution in [0.25, 0.3) is 0 Å². The summed E-state index contributed by atoms with van der Waals surface area (Å²) in [5.74, 6) is -3.33. The second-order valence-corrected chi connectivity index (χ2v) is 6.22. The number of para-hydroxylation sites is 2. The normalized spacial score (nSPS) is 10.4. The number of hydrogen-bond acceptors (Lipinski definition) is 8. The van der Waals surface area contributed by atoms with Crippen LogP contribution in [-0.4, -0.2) is 54.5 Å². The summed E-state index contributed by atoms with van der Waals surface area (Å²) in [6.07, 6.45) is -2.20. The Balaban J connectivity index is -0.000000492. The lowest BCUT2D eigenvalue weighted by molar-refractivity contribution is -0.135. The van der Waals surface area contributed by atoms with Crippen LogP contribution >= 0.6 is 0 Å². The van der Waals surface area contributed by atoms with Gasteiger partial charge >= 0.3 is 0 Å². The number of hydrogen-bond donors (Lipinski definition) is 8. The van der Waals surface area contributed by atoms with Gasteiger partial charge in [-0.2, -0.15) is 0 Å². The molecule has 34 heavy (non-hydrogen) atoms. The molecule has 2 rings (SSSR count). The lowest BCUT2D eigenvalue weighted by atomic mass is 9.96. The fourth-order valence-corrected chi connectivity index (χ4v) is 1.90. The van der Waals surface area contributed by atoms with Crippen molar-refractivity contribution in [1.29, 1.82) is 0 Å². The number of anilines is 2. The zero-order valence-corrected chi connectivity index (χ0v) is 19.2. The van der Waals surface area contributed by atoms with Gasteiger partial charge in [0.15, 0.2) is 0 Å². The van der Waals surface area contributed by atoms with Gasteiger partial charge in [-0.05, 0) is 12.1 Å². The van der Waals surface area contributed by atoms with E-state index < -0.39 is 36.1 Å². The molecular formula is C22H32N2O10.